The molecule has 8 heteroatoms. The van der Waals surface area contributed by atoms with E-state index in [-0.39, 0.29) is 11.3 Å². The number of esters is 2. The number of ether oxygens (including phenoxy) is 4. The van der Waals surface area contributed by atoms with Gasteiger partial charge in [-0.2, -0.15) is 0 Å². The zero-order chi connectivity index (χ0) is 19.3. The second-order valence-electron chi connectivity index (χ2n) is 5.55. The number of benzene rings is 1. The number of hydrogen-bond donors (Lipinski definition) is 1. The Morgan fingerprint density at radius 1 is 1.12 bits per heavy atom. The van der Waals surface area contributed by atoms with Crippen molar-refractivity contribution in [3.63, 3.8) is 0 Å². The molecule has 0 saturated heterocycles. The maximum Gasteiger partial charge on any atom is 0.303 e. The Hall–Kier alpha value is -2.87. The lowest BCUT2D eigenvalue weighted by molar-refractivity contribution is -0.177. The fourth-order valence-electron chi connectivity index (χ4n) is 2.59. The Morgan fingerprint density at radius 2 is 1.77 bits per heavy atom. The van der Waals surface area contributed by atoms with Gasteiger partial charge in [0.15, 0.2) is 24.1 Å². The summed E-state index contributed by atoms with van der Waals surface area (Å²) in [5, 5.41) is 9.58. The normalized spacial score (nSPS) is 21.8. The summed E-state index contributed by atoms with van der Waals surface area (Å²) in [4.78, 5) is 35.5. The number of aliphatic hydroxyl groups is 1. The summed E-state index contributed by atoms with van der Waals surface area (Å²) in [6.45, 7) is 1.81. The Bertz CT molecular complexity index is 724. The van der Waals surface area contributed by atoms with Crippen LogP contribution in [0.15, 0.2) is 36.1 Å². The zero-order valence-electron chi connectivity index (χ0n) is 14.6. The van der Waals surface area contributed by atoms with Crippen LogP contribution in [0.5, 0.6) is 5.75 Å². The van der Waals surface area contributed by atoms with E-state index in [0.717, 1.165) is 0 Å². The summed E-state index contributed by atoms with van der Waals surface area (Å²) < 4.78 is 20.9. The molecule has 0 bridgehead atoms. The molecular weight excluding hydrogens is 344 g/mol. The van der Waals surface area contributed by atoms with Gasteiger partial charge < -0.3 is 24.1 Å². The van der Waals surface area contributed by atoms with E-state index in [0.29, 0.717) is 5.75 Å². The van der Waals surface area contributed by atoms with Gasteiger partial charge >= 0.3 is 11.9 Å². The fraction of sp³-hybridized carbons (Fsp3) is 0.389. The van der Waals surface area contributed by atoms with Crippen molar-refractivity contribution in [1.29, 1.82) is 0 Å². The summed E-state index contributed by atoms with van der Waals surface area (Å²) in [5.74, 6) is -1.58. The van der Waals surface area contributed by atoms with Crippen LogP contribution in [-0.2, 0) is 23.8 Å². The van der Waals surface area contributed by atoms with E-state index in [2.05, 4.69) is 0 Å². The summed E-state index contributed by atoms with van der Waals surface area (Å²) in [5.41, 5.74) is 0.241. The Kier molecular flexibility index (Phi) is 6.35. The molecule has 2 rings (SSSR count). The molecule has 0 aromatic heterocycles. The smallest absolute Gasteiger partial charge is 0.303 e. The first-order valence-corrected chi connectivity index (χ1v) is 7.88. The predicted octanol–water partition coefficient (Wildman–Crippen LogP) is 1.02. The highest BCUT2D eigenvalue weighted by Crippen LogP contribution is 2.28. The van der Waals surface area contributed by atoms with Crippen LogP contribution in [0.4, 0.5) is 0 Å². The van der Waals surface area contributed by atoms with Gasteiger partial charge in [0.05, 0.1) is 19.3 Å². The number of carbonyl (C=O) groups excluding carboxylic acids is 3. The summed E-state index contributed by atoms with van der Waals surface area (Å²) in [6.07, 6.45) is -1.95. The molecule has 0 fully saturated rings. The molecule has 1 aromatic rings. The lowest BCUT2D eigenvalue weighted by Crippen LogP contribution is -2.48. The van der Waals surface area contributed by atoms with Crippen LogP contribution in [0, 0.1) is 0 Å². The molecule has 0 amide bonds. The Balaban J connectivity index is 2.40. The molecular formula is C18H20O8. The average Bonchev–Trinajstić information content (AvgIpc) is 2.61. The molecule has 140 valence electrons. The zero-order valence-corrected chi connectivity index (χ0v) is 14.6. The summed E-state index contributed by atoms with van der Waals surface area (Å²) >= 11 is 0. The number of rotatable bonds is 6. The van der Waals surface area contributed by atoms with Gasteiger partial charge in [-0.1, -0.05) is 12.1 Å². The van der Waals surface area contributed by atoms with Gasteiger partial charge in [0.2, 0.25) is 5.78 Å². The van der Waals surface area contributed by atoms with Crippen molar-refractivity contribution in [2.24, 2.45) is 0 Å². The molecule has 8 nitrogen and oxygen atoms in total. The molecule has 3 atom stereocenters. The Labute approximate surface area is 150 Å². The van der Waals surface area contributed by atoms with Crippen LogP contribution < -0.4 is 4.74 Å². The van der Waals surface area contributed by atoms with Crippen LogP contribution in [0.3, 0.4) is 0 Å². The van der Waals surface area contributed by atoms with Gasteiger partial charge in [0.25, 0.3) is 0 Å². The van der Waals surface area contributed by atoms with Crippen LogP contribution in [0.25, 0.3) is 0 Å². The second-order valence-corrected chi connectivity index (χ2v) is 5.55. The van der Waals surface area contributed by atoms with E-state index in [4.69, 9.17) is 18.9 Å². The van der Waals surface area contributed by atoms with E-state index in [1.807, 2.05) is 0 Å². The third kappa shape index (κ3) is 4.40. The van der Waals surface area contributed by atoms with E-state index in [1.165, 1.54) is 27.0 Å². The highest BCUT2D eigenvalue weighted by atomic mass is 16.6. The molecule has 1 N–H and O–H groups in total. The lowest BCUT2D eigenvalue weighted by atomic mass is 10.00. The second kappa shape index (κ2) is 8.48. The minimum absolute atomic E-state index is 0.136. The van der Waals surface area contributed by atoms with E-state index >= 15 is 0 Å². The average molecular weight is 364 g/mol. The van der Waals surface area contributed by atoms with Gasteiger partial charge in [0.1, 0.15) is 5.75 Å². The molecule has 1 heterocycles. The number of carbonyl (C=O) groups is 3. The first kappa shape index (κ1) is 19.5. The van der Waals surface area contributed by atoms with E-state index < -0.39 is 42.6 Å². The first-order valence-electron chi connectivity index (χ1n) is 7.88. The van der Waals surface area contributed by atoms with Crippen LogP contribution >= 0.6 is 0 Å². The van der Waals surface area contributed by atoms with Gasteiger partial charge in [0, 0.05) is 19.9 Å². The number of methoxy groups -OCH3 is 1. The van der Waals surface area contributed by atoms with E-state index in [1.54, 1.807) is 24.3 Å². The molecule has 0 spiro atoms. The van der Waals surface area contributed by atoms with Gasteiger partial charge in [-0.3, -0.25) is 14.4 Å². The minimum atomic E-state index is -1.07. The monoisotopic (exact) mass is 364 g/mol. The highest BCUT2D eigenvalue weighted by Gasteiger charge is 2.41. The largest absolute Gasteiger partial charge is 0.496 e. The molecule has 1 aliphatic rings. The molecule has 26 heavy (non-hydrogen) atoms. The number of allylic oxidation sites excluding steroid dienone is 1. The van der Waals surface area contributed by atoms with Crippen molar-refractivity contribution in [3.8, 4) is 5.75 Å². The number of Topliss-reactive ketones (excluding diaryl/α,β-unsaturated/α-hetero) is 1. The number of ketones is 1. The summed E-state index contributed by atoms with van der Waals surface area (Å²) in [7, 11) is 1.43. The SMILES string of the molecule is COc1ccccc1C(=O)C1=C[C@@H](OC(C)=O)[C@H](OC(C)=O)[C@@H](CO)O1. The standard InChI is InChI=1S/C18H20O8/c1-10(20)24-15-8-14(26-16(9-19)18(15)25-11(2)21)17(22)12-6-4-5-7-13(12)23-3/h4-8,15-16,18-19H,9H2,1-3H3/t15-,16-,18+/m1/s1. The van der Waals surface area contributed by atoms with E-state index in [9.17, 15) is 19.5 Å². The molecule has 0 radical (unpaired) electrons. The van der Waals surface area contributed by atoms with Crippen molar-refractivity contribution in [1.82, 2.24) is 0 Å². The molecule has 0 saturated carbocycles. The number of hydrogen-bond acceptors (Lipinski definition) is 8. The summed E-state index contributed by atoms with van der Waals surface area (Å²) in [6, 6.07) is 6.54. The quantitative estimate of drug-likeness (QED) is 0.589. The molecule has 0 unspecified atom stereocenters. The number of aliphatic hydroxyl groups excluding tert-OH is 1. The molecule has 0 aliphatic carbocycles. The van der Waals surface area contributed by atoms with Crippen molar-refractivity contribution >= 4 is 17.7 Å². The minimum Gasteiger partial charge on any atom is -0.496 e. The lowest BCUT2D eigenvalue weighted by Gasteiger charge is -2.34. The van der Waals surface area contributed by atoms with Crippen molar-refractivity contribution in [2.75, 3.05) is 13.7 Å². The van der Waals surface area contributed by atoms with Gasteiger partial charge in [-0.25, -0.2) is 0 Å². The topological polar surface area (TPSA) is 108 Å². The Morgan fingerprint density at radius 3 is 2.35 bits per heavy atom. The van der Waals surface area contributed by atoms with Crippen LogP contribution in [0.2, 0.25) is 0 Å². The third-order valence-electron chi connectivity index (χ3n) is 3.64. The third-order valence-corrected chi connectivity index (χ3v) is 3.64. The van der Waals surface area contributed by atoms with Gasteiger partial charge in [-0.05, 0) is 12.1 Å². The first-order chi connectivity index (χ1) is 12.4. The van der Waals surface area contributed by atoms with Gasteiger partial charge in [-0.15, -0.1) is 0 Å². The van der Waals surface area contributed by atoms with Crippen molar-refractivity contribution in [3.05, 3.63) is 41.7 Å². The van der Waals surface area contributed by atoms with Crippen molar-refractivity contribution < 1.29 is 38.4 Å². The number of para-hydroxylation sites is 1. The molecule has 1 aromatic carbocycles. The highest BCUT2D eigenvalue weighted by molar-refractivity contribution is 6.09. The predicted molar refractivity (Wildman–Crippen MR) is 88.5 cm³/mol. The van der Waals surface area contributed by atoms with Crippen LogP contribution in [-0.4, -0.2) is 54.9 Å². The van der Waals surface area contributed by atoms with Crippen molar-refractivity contribution in [2.45, 2.75) is 32.2 Å². The maximum absolute atomic E-state index is 12.8. The maximum atomic E-state index is 12.8. The van der Waals surface area contributed by atoms with Crippen LogP contribution in [0.1, 0.15) is 24.2 Å². The molecule has 1 aliphatic heterocycles. The fourth-order valence-corrected chi connectivity index (χ4v) is 2.59.